The summed E-state index contributed by atoms with van der Waals surface area (Å²) in [6.07, 6.45) is 3.10. The van der Waals surface area contributed by atoms with Crippen LogP contribution in [0.4, 0.5) is 0 Å². The zero-order valence-electron chi connectivity index (χ0n) is 11.7. The molecular formula is C14H22N4O. The van der Waals surface area contributed by atoms with E-state index in [1.54, 1.807) is 0 Å². The maximum absolute atomic E-state index is 12.2. The van der Waals surface area contributed by atoms with E-state index in [-0.39, 0.29) is 5.91 Å². The van der Waals surface area contributed by atoms with Crippen molar-refractivity contribution in [3.05, 3.63) is 23.0 Å². The number of nitrogens with zero attached hydrogens (tertiary/aromatic N) is 2. The first-order valence-electron chi connectivity index (χ1n) is 7.02. The van der Waals surface area contributed by atoms with Crippen LogP contribution in [0, 0.1) is 12.8 Å². The van der Waals surface area contributed by atoms with Gasteiger partial charge in [-0.3, -0.25) is 4.79 Å². The molecule has 1 aliphatic heterocycles. The van der Waals surface area contributed by atoms with Gasteiger partial charge in [0.1, 0.15) is 0 Å². The summed E-state index contributed by atoms with van der Waals surface area (Å²) >= 11 is 0. The number of carbonyl (C=O) groups excluding carboxylic acids is 1. The SMILES string of the molecule is CCc1nnc(C)cc1C(=O)NCC1CCCNC1. The van der Waals surface area contributed by atoms with Gasteiger partial charge in [0.25, 0.3) is 5.91 Å². The van der Waals surface area contributed by atoms with Gasteiger partial charge in [0.15, 0.2) is 0 Å². The van der Waals surface area contributed by atoms with Crippen LogP contribution >= 0.6 is 0 Å². The van der Waals surface area contributed by atoms with Crippen molar-refractivity contribution in [2.24, 2.45) is 5.92 Å². The van der Waals surface area contributed by atoms with Crippen LogP contribution in [0.2, 0.25) is 0 Å². The molecular weight excluding hydrogens is 240 g/mol. The zero-order chi connectivity index (χ0) is 13.7. The predicted octanol–water partition coefficient (Wildman–Crippen LogP) is 1.08. The minimum absolute atomic E-state index is 0.0274. The highest BCUT2D eigenvalue weighted by atomic mass is 16.1. The molecule has 1 aliphatic rings. The van der Waals surface area contributed by atoms with E-state index in [0.29, 0.717) is 11.5 Å². The van der Waals surface area contributed by atoms with E-state index in [2.05, 4.69) is 20.8 Å². The summed E-state index contributed by atoms with van der Waals surface area (Å²) in [5.41, 5.74) is 2.21. The fourth-order valence-electron chi connectivity index (χ4n) is 2.40. The molecule has 1 saturated heterocycles. The Morgan fingerprint density at radius 2 is 2.37 bits per heavy atom. The Balaban J connectivity index is 1.97. The van der Waals surface area contributed by atoms with Gasteiger partial charge in [-0.05, 0) is 51.3 Å². The quantitative estimate of drug-likeness (QED) is 0.852. The molecule has 1 aromatic heterocycles. The van der Waals surface area contributed by atoms with Gasteiger partial charge >= 0.3 is 0 Å². The van der Waals surface area contributed by atoms with Crippen molar-refractivity contribution in [1.82, 2.24) is 20.8 Å². The lowest BCUT2D eigenvalue weighted by atomic mass is 9.99. The molecule has 1 fully saturated rings. The number of amides is 1. The molecule has 1 aromatic rings. The first-order chi connectivity index (χ1) is 9.20. The number of rotatable bonds is 4. The van der Waals surface area contributed by atoms with E-state index >= 15 is 0 Å². The molecule has 104 valence electrons. The Labute approximate surface area is 114 Å². The van der Waals surface area contributed by atoms with Gasteiger partial charge in [-0.25, -0.2) is 0 Å². The van der Waals surface area contributed by atoms with Crippen molar-refractivity contribution < 1.29 is 4.79 Å². The second kappa shape index (κ2) is 6.61. The maximum Gasteiger partial charge on any atom is 0.253 e. The Hall–Kier alpha value is -1.49. The summed E-state index contributed by atoms with van der Waals surface area (Å²) < 4.78 is 0. The van der Waals surface area contributed by atoms with Crippen molar-refractivity contribution in [2.45, 2.75) is 33.1 Å². The number of hydrogen-bond donors (Lipinski definition) is 2. The number of aromatic nitrogens is 2. The second-order valence-electron chi connectivity index (χ2n) is 5.12. The van der Waals surface area contributed by atoms with E-state index < -0.39 is 0 Å². The van der Waals surface area contributed by atoms with Crippen molar-refractivity contribution in [1.29, 1.82) is 0 Å². The van der Waals surface area contributed by atoms with E-state index in [4.69, 9.17) is 0 Å². The monoisotopic (exact) mass is 262 g/mol. The van der Waals surface area contributed by atoms with Crippen molar-refractivity contribution >= 4 is 5.91 Å². The van der Waals surface area contributed by atoms with E-state index in [0.717, 1.165) is 37.4 Å². The molecule has 0 radical (unpaired) electrons. The fourth-order valence-corrected chi connectivity index (χ4v) is 2.40. The Morgan fingerprint density at radius 1 is 1.53 bits per heavy atom. The predicted molar refractivity (Wildman–Crippen MR) is 74.1 cm³/mol. The molecule has 0 aliphatic carbocycles. The molecule has 2 rings (SSSR count). The van der Waals surface area contributed by atoms with E-state index in [1.807, 2.05) is 19.9 Å². The van der Waals surface area contributed by atoms with Crippen LogP contribution in [0.15, 0.2) is 6.07 Å². The summed E-state index contributed by atoms with van der Waals surface area (Å²) in [4.78, 5) is 12.2. The average molecular weight is 262 g/mol. The average Bonchev–Trinajstić information content (AvgIpc) is 2.46. The highest BCUT2D eigenvalue weighted by Crippen LogP contribution is 2.10. The molecule has 5 heteroatoms. The van der Waals surface area contributed by atoms with Crippen molar-refractivity contribution in [3.8, 4) is 0 Å². The number of nitrogens with one attached hydrogen (secondary N) is 2. The van der Waals surface area contributed by atoms with Crippen LogP contribution in [-0.2, 0) is 6.42 Å². The molecule has 1 unspecified atom stereocenters. The minimum Gasteiger partial charge on any atom is -0.352 e. The molecule has 2 heterocycles. The van der Waals surface area contributed by atoms with Gasteiger partial charge < -0.3 is 10.6 Å². The summed E-state index contributed by atoms with van der Waals surface area (Å²) in [6, 6.07) is 1.82. The number of carbonyl (C=O) groups is 1. The van der Waals surface area contributed by atoms with Gasteiger partial charge in [0.2, 0.25) is 0 Å². The summed E-state index contributed by atoms with van der Waals surface area (Å²) in [5.74, 6) is 0.513. The highest BCUT2D eigenvalue weighted by Gasteiger charge is 2.16. The second-order valence-corrected chi connectivity index (χ2v) is 5.12. The lowest BCUT2D eigenvalue weighted by Crippen LogP contribution is -2.38. The van der Waals surface area contributed by atoms with Crippen LogP contribution in [0.1, 0.15) is 41.5 Å². The van der Waals surface area contributed by atoms with Crippen LogP contribution in [-0.4, -0.2) is 35.7 Å². The normalized spacial score (nSPS) is 19.2. The molecule has 0 aromatic carbocycles. The van der Waals surface area contributed by atoms with Crippen LogP contribution in [0.25, 0.3) is 0 Å². The molecule has 0 bridgehead atoms. The lowest BCUT2D eigenvalue weighted by molar-refractivity contribution is 0.0943. The fraction of sp³-hybridized carbons (Fsp3) is 0.643. The maximum atomic E-state index is 12.2. The molecule has 1 amide bonds. The third-order valence-electron chi connectivity index (χ3n) is 3.52. The van der Waals surface area contributed by atoms with Crippen LogP contribution in [0.5, 0.6) is 0 Å². The van der Waals surface area contributed by atoms with Crippen molar-refractivity contribution in [3.63, 3.8) is 0 Å². The smallest absolute Gasteiger partial charge is 0.253 e. The molecule has 0 spiro atoms. The van der Waals surface area contributed by atoms with Gasteiger partial charge in [-0.1, -0.05) is 6.92 Å². The van der Waals surface area contributed by atoms with Crippen LogP contribution in [0.3, 0.4) is 0 Å². The van der Waals surface area contributed by atoms with Gasteiger partial charge in [-0.15, -0.1) is 0 Å². The third-order valence-corrected chi connectivity index (χ3v) is 3.52. The molecule has 0 saturated carbocycles. The first-order valence-corrected chi connectivity index (χ1v) is 7.02. The Bertz CT molecular complexity index is 441. The lowest BCUT2D eigenvalue weighted by Gasteiger charge is -2.23. The minimum atomic E-state index is -0.0274. The first kappa shape index (κ1) is 13.9. The molecule has 1 atom stereocenters. The zero-order valence-corrected chi connectivity index (χ0v) is 11.7. The van der Waals surface area contributed by atoms with Gasteiger partial charge in [0, 0.05) is 6.54 Å². The standard InChI is InChI=1S/C14H22N4O/c1-3-13-12(7-10(2)17-18-13)14(19)16-9-11-5-4-6-15-8-11/h7,11,15H,3-6,8-9H2,1-2H3,(H,16,19). The topological polar surface area (TPSA) is 66.9 Å². The molecule has 2 N–H and O–H groups in total. The summed E-state index contributed by atoms with van der Waals surface area (Å²) in [5, 5.41) is 14.5. The van der Waals surface area contributed by atoms with E-state index in [1.165, 1.54) is 12.8 Å². The summed E-state index contributed by atoms with van der Waals surface area (Å²) in [6.45, 7) is 6.66. The van der Waals surface area contributed by atoms with Gasteiger partial charge in [-0.2, -0.15) is 10.2 Å². The van der Waals surface area contributed by atoms with Gasteiger partial charge in [0.05, 0.1) is 17.0 Å². The number of hydrogen-bond acceptors (Lipinski definition) is 4. The number of aryl methyl sites for hydroxylation is 2. The third kappa shape index (κ3) is 3.73. The largest absolute Gasteiger partial charge is 0.352 e. The summed E-state index contributed by atoms with van der Waals surface area (Å²) in [7, 11) is 0. The number of piperidine rings is 1. The highest BCUT2D eigenvalue weighted by molar-refractivity contribution is 5.95. The Morgan fingerprint density at radius 3 is 3.05 bits per heavy atom. The molecule has 19 heavy (non-hydrogen) atoms. The van der Waals surface area contributed by atoms with E-state index in [9.17, 15) is 4.79 Å². The van der Waals surface area contributed by atoms with Crippen molar-refractivity contribution in [2.75, 3.05) is 19.6 Å². The molecule has 5 nitrogen and oxygen atoms in total. The van der Waals surface area contributed by atoms with Crippen LogP contribution < -0.4 is 10.6 Å². The Kier molecular flexibility index (Phi) is 4.85.